The van der Waals surface area contributed by atoms with Crippen LogP contribution in [0, 0.1) is 0 Å². The molecule has 0 N–H and O–H groups in total. The van der Waals surface area contributed by atoms with E-state index in [0.29, 0.717) is 0 Å². The fourth-order valence-electron chi connectivity index (χ4n) is 7.00. The highest BCUT2D eigenvalue weighted by Gasteiger charge is 2.40. The Balaban J connectivity index is 1.67. The van der Waals surface area contributed by atoms with Gasteiger partial charge in [0.15, 0.2) is 7.14 Å². The number of nitrogens with zero attached hydrogens (tertiary/aromatic N) is 2. The van der Waals surface area contributed by atoms with Crippen molar-refractivity contribution in [3.05, 3.63) is 140 Å². The molecule has 196 valence electrons. The highest BCUT2D eigenvalue weighted by atomic mass is 31.2. The zero-order valence-corrected chi connectivity index (χ0v) is 23.4. The molecule has 0 unspecified atom stereocenters. The van der Waals surface area contributed by atoms with E-state index < -0.39 is 7.14 Å². The minimum absolute atomic E-state index is 0.829. The van der Waals surface area contributed by atoms with Gasteiger partial charge in [-0.2, -0.15) is 0 Å². The second-order valence-corrected chi connectivity index (χ2v) is 13.6. The fourth-order valence-corrected chi connectivity index (χ4v) is 10.1. The number of hydrogen-bond acceptors (Lipinski definition) is 3. The van der Waals surface area contributed by atoms with Crippen LogP contribution >= 0.6 is 7.14 Å². The lowest BCUT2D eigenvalue weighted by molar-refractivity contribution is 0.592. The van der Waals surface area contributed by atoms with Gasteiger partial charge in [0.25, 0.3) is 0 Å². The molecule has 0 bridgehead atoms. The van der Waals surface area contributed by atoms with E-state index in [4.69, 9.17) is 9.97 Å². The Bertz CT molecular complexity index is 2300. The van der Waals surface area contributed by atoms with Gasteiger partial charge in [-0.25, -0.2) is 0 Å². The molecule has 8 aromatic rings. The third-order valence-electron chi connectivity index (χ3n) is 8.74. The Morgan fingerprint density at radius 3 is 1.38 bits per heavy atom. The van der Waals surface area contributed by atoms with E-state index in [-0.39, 0.29) is 0 Å². The van der Waals surface area contributed by atoms with E-state index in [9.17, 15) is 0 Å². The van der Waals surface area contributed by atoms with Crippen LogP contribution in [0.3, 0.4) is 0 Å². The normalized spacial score (nSPS) is 13.5. The van der Waals surface area contributed by atoms with E-state index >= 15 is 4.57 Å². The van der Waals surface area contributed by atoms with E-state index in [1.807, 2.05) is 54.9 Å². The summed E-state index contributed by atoms with van der Waals surface area (Å²) in [5, 5.41) is 8.95. The van der Waals surface area contributed by atoms with Gasteiger partial charge in [-0.15, -0.1) is 0 Å². The van der Waals surface area contributed by atoms with Crippen molar-refractivity contribution in [1.82, 2.24) is 9.97 Å². The first kappa shape index (κ1) is 23.6. The molecule has 6 aromatic carbocycles. The fraction of sp³-hybridized carbons (Fsp3) is 0. The van der Waals surface area contributed by atoms with Crippen LogP contribution in [0.5, 0.6) is 0 Å². The molecule has 0 atom stereocenters. The van der Waals surface area contributed by atoms with Crippen LogP contribution in [-0.4, -0.2) is 9.97 Å². The number of aromatic nitrogens is 2. The molecule has 42 heavy (non-hydrogen) atoms. The Kier molecular flexibility index (Phi) is 4.88. The van der Waals surface area contributed by atoms with Crippen molar-refractivity contribution in [2.45, 2.75) is 0 Å². The molecule has 0 spiro atoms. The molecule has 4 heteroatoms. The van der Waals surface area contributed by atoms with Crippen LogP contribution in [0.25, 0.3) is 65.6 Å². The molecule has 3 nitrogen and oxygen atoms in total. The molecule has 3 heterocycles. The molecule has 0 fully saturated rings. The zero-order chi connectivity index (χ0) is 27.8. The monoisotopic (exact) mass is 554 g/mol. The van der Waals surface area contributed by atoms with E-state index in [0.717, 1.165) is 81.5 Å². The molecule has 0 saturated heterocycles. The van der Waals surface area contributed by atoms with Crippen LogP contribution in [0.15, 0.2) is 140 Å². The van der Waals surface area contributed by atoms with Crippen molar-refractivity contribution in [2.75, 3.05) is 0 Å². The van der Waals surface area contributed by atoms with Gasteiger partial charge in [0.05, 0.1) is 11.0 Å². The van der Waals surface area contributed by atoms with Crippen LogP contribution in [-0.2, 0) is 4.57 Å². The highest BCUT2D eigenvalue weighted by molar-refractivity contribution is 7.86. The molecule has 2 aromatic heterocycles. The summed E-state index contributed by atoms with van der Waals surface area (Å²) in [6.07, 6.45) is 3.67. The molecule has 0 amide bonds. The molecular weight excluding hydrogens is 531 g/mol. The quantitative estimate of drug-likeness (QED) is 0.151. The third kappa shape index (κ3) is 3.04. The largest absolute Gasteiger partial charge is 0.309 e. The predicted molar refractivity (Wildman–Crippen MR) is 176 cm³/mol. The minimum atomic E-state index is -3.38. The summed E-state index contributed by atoms with van der Waals surface area (Å²) in [6, 6.07) is 43.6. The van der Waals surface area contributed by atoms with Crippen molar-refractivity contribution in [1.29, 1.82) is 0 Å². The maximum atomic E-state index is 16.3. The van der Waals surface area contributed by atoms with Crippen LogP contribution in [0.4, 0.5) is 0 Å². The summed E-state index contributed by atoms with van der Waals surface area (Å²) in [5.74, 6) is 0. The summed E-state index contributed by atoms with van der Waals surface area (Å²) in [6.45, 7) is 0. The van der Waals surface area contributed by atoms with Gasteiger partial charge in [-0.3, -0.25) is 9.97 Å². The van der Waals surface area contributed by atoms with Gasteiger partial charge in [-0.1, -0.05) is 103 Å². The minimum Gasteiger partial charge on any atom is -0.309 e. The molecule has 0 aliphatic carbocycles. The first-order valence-electron chi connectivity index (χ1n) is 14.1. The number of benzene rings is 6. The Morgan fingerprint density at radius 2 is 0.857 bits per heavy atom. The average molecular weight is 555 g/mol. The first-order chi connectivity index (χ1) is 20.7. The summed E-state index contributed by atoms with van der Waals surface area (Å²) < 4.78 is 16.3. The Morgan fingerprint density at radius 1 is 0.405 bits per heavy atom. The van der Waals surface area contributed by atoms with E-state index in [1.165, 1.54) is 0 Å². The summed E-state index contributed by atoms with van der Waals surface area (Å²) in [7, 11) is -3.38. The Hall–Kier alpha value is -5.11. The van der Waals surface area contributed by atoms with Crippen LogP contribution in [0.1, 0.15) is 0 Å². The number of pyridine rings is 2. The molecule has 0 saturated carbocycles. The van der Waals surface area contributed by atoms with Gasteiger partial charge in [0.2, 0.25) is 0 Å². The summed E-state index contributed by atoms with van der Waals surface area (Å²) >= 11 is 0. The first-order valence-corrected chi connectivity index (χ1v) is 15.8. The van der Waals surface area contributed by atoms with Crippen molar-refractivity contribution in [3.63, 3.8) is 0 Å². The third-order valence-corrected chi connectivity index (χ3v) is 11.9. The highest BCUT2D eigenvalue weighted by Crippen LogP contribution is 2.57. The zero-order valence-electron chi connectivity index (χ0n) is 22.5. The lowest BCUT2D eigenvalue weighted by Crippen LogP contribution is -2.26. The van der Waals surface area contributed by atoms with E-state index in [2.05, 4.69) is 84.9 Å². The summed E-state index contributed by atoms with van der Waals surface area (Å²) in [4.78, 5) is 9.76. The van der Waals surface area contributed by atoms with Crippen LogP contribution < -0.4 is 15.9 Å². The number of fused-ring (bicyclic) bond motifs is 14. The van der Waals surface area contributed by atoms with Crippen LogP contribution in [0.2, 0.25) is 0 Å². The topological polar surface area (TPSA) is 42.9 Å². The lowest BCUT2D eigenvalue weighted by atomic mass is 9.84. The molecule has 1 aliphatic heterocycles. The van der Waals surface area contributed by atoms with Gasteiger partial charge >= 0.3 is 0 Å². The van der Waals surface area contributed by atoms with Gasteiger partial charge in [-0.05, 0) is 45.8 Å². The maximum absolute atomic E-state index is 16.3. The van der Waals surface area contributed by atoms with Gasteiger partial charge in [0, 0.05) is 61.3 Å². The van der Waals surface area contributed by atoms with Gasteiger partial charge in [0.1, 0.15) is 0 Å². The molecular formula is C38H23N2OP. The second kappa shape index (κ2) is 8.69. The van der Waals surface area contributed by atoms with Crippen molar-refractivity contribution in [3.8, 4) is 22.3 Å². The van der Waals surface area contributed by atoms with Crippen molar-refractivity contribution < 1.29 is 4.57 Å². The SMILES string of the molecule is O=P1(c2ccccc2)c2ccc3ccccc3c2-c2c(c3cccnc3c3ncccc23)-c2c1ccc1ccccc21. The molecule has 9 rings (SSSR count). The maximum Gasteiger partial charge on any atom is 0.172 e. The van der Waals surface area contributed by atoms with E-state index in [1.54, 1.807) is 0 Å². The number of rotatable bonds is 1. The Labute approximate surface area is 242 Å². The lowest BCUT2D eigenvalue weighted by Gasteiger charge is -2.23. The standard InChI is InChI=1S/C38H23N2OP/c41-42(26-12-2-1-3-13-26)31-20-18-24-10-4-6-14-27(24)33(31)35-29-16-8-22-39-37(29)38-30(17-9-23-40-38)36(35)34-28-15-7-5-11-25(28)19-21-32(34)42/h1-23H. The molecule has 1 aliphatic rings. The smallest absolute Gasteiger partial charge is 0.172 e. The molecule has 0 radical (unpaired) electrons. The summed E-state index contributed by atoms with van der Waals surface area (Å²) in [5.41, 5.74) is 5.86. The average Bonchev–Trinajstić information content (AvgIpc) is 3.17. The second-order valence-electron chi connectivity index (χ2n) is 10.9. The van der Waals surface area contributed by atoms with Gasteiger partial charge < -0.3 is 4.57 Å². The number of hydrogen-bond donors (Lipinski definition) is 0. The van der Waals surface area contributed by atoms with Crippen molar-refractivity contribution >= 4 is 66.4 Å². The van der Waals surface area contributed by atoms with Crippen molar-refractivity contribution in [2.24, 2.45) is 0 Å². The predicted octanol–water partition coefficient (Wildman–Crippen LogP) is 8.38.